The second-order valence-electron chi connectivity index (χ2n) is 5.20. The zero-order valence-corrected chi connectivity index (χ0v) is 12.5. The normalized spacial score (nSPS) is 15.7. The van der Waals surface area contributed by atoms with E-state index in [1.54, 1.807) is 4.90 Å². The zero-order valence-electron chi connectivity index (χ0n) is 12.5. The summed E-state index contributed by atoms with van der Waals surface area (Å²) in [5, 5.41) is 0. The van der Waals surface area contributed by atoms with Crippen LogP contribution in [0.2, 0.25) is 0 Å². The number of esters is 1. The molecule has 1 amide bonds. The summed E-state index contributed by atoms with van der Waals surface area (Å²) in [6.45, 7) is 4.24. The lowest BCUT2D eigenvalue weighted by Crippen LogP contribution is -2.40. The Hall–Kier alpha value is -2.50. The molecule has 1 aliphatic heterocycles. The number of hydrogen-bond acceptors (Lipinski definition) is 3. The molecule has 122 valence electrons. The van der Waals surface area contributed by atoms with Crippen LogP contribution in [0.4, 0.5) is 8.78 Å². The average molecular weight is 321 g/mol. The topological polar surface area (TPSA) is 46.6 Å². The van der Waals surface area contributed by atoms with Gasteiger partial charge in [-0.15, -0.1) is 0 Å². The summed E-state index contributed by atoms with van der Waals surface area (Å²) in [4.78, 5) is 24.8. The fraction of sp³-hybridized carbons (Fsp3) is 0.294. The molecule has 6 heteroatoms. The Bertz CT molecular complexity index is 614. The van der Waals surface area contributed by atoms with Gasteiger partial charge in [-0.25, -0.2) is 13.6 Å². The molecule has 0 unspecified atom stereocenters. The number of ether oxygens (including phenoxy) is 1. The van der Waals surface area contributed by atoms with E-state index in [2.05, 4.69) is 6.58 Å². The van der Waals surface area contributed by atoms with Crippen LogP contribution in [0.1, 0.15) is 18.4 Å². The third-order valence-corrected chi connectivity index (χ3v) is 3.51. The first-order valence-corrected chi connectivity index (χ1v) is 7.24. The third kappa shape index (κ3) is 5.02. The molecule has 1 heterocycles. The van der Waals surface area contributed by atoms with E-state index in [0.29, 0.717) is 25.9 Å². The van der Waals surface area contributed by atoms with Gasteiger partial charge >= 0.3 is 5.97 Å². The lowest BCUT2D eigenvalue weighted by atomic mass is 10.1. The lowest BCUT2D eigenvalue weighted by molar-refractivity contribution is -0.145. The van der Waals surface area contributed by atoms with Crippen LogP contribution in [0.5, 0.6) is 0 Å². The van der Waals surface area contributed by atoms with Gasteiger partial charge in [-0.05, 0) is 23.8 Å². The van der Waals surface area contributed by atoms with Crippen LogP contribution in [-0.2, 0) is 14.3 Å². The van der Waals surface area contributed by atoms with E-state index in [0.717, 1.165) is 24.3 Å². The van der Waals surface area contributed by atoms with Crippen molar-refractivity contribution in [3.8, 4) is 0 Å². The number of rotatable bonds is 4. The van der Waals surface area contributed by atoms with Gasteiger partial charge in [-0.3, -0.25) is 4.79 Å². The minimum absolute atomic E-state index is 0.217. The van der Waals surface area contributed by atoms with Crippen molar-refractivity contribution in [1.82, 2.24) is 4.90 Å². The third-order valence-electron chi connectivity index (χ3n) is 3.51. The van der Waals surface area contributed by atoms with Crippen molar-refractivity contribution in [2.24, 2.45) is 0 Å². The Balaban J connectivity index is 1.88. The summed E-state index contributed by atoms with van der Waals surface area (Å²) in [5.74, 6) is -2.10. The van der Waals surface area contributed by atoms with Crippen molar-refractivity contribution < 1.29 is 23.1 Å². The Labute approximate surface area is 133 Å². The highest BCUT2D eigenvalue weighted by Gasteiger charge is 2.23. The van der Waals surface area contributed by atoms with Crippen LogP contribution in [0.3, 0.4) is 0 Å². The van der Waals surface area contributed by atoms with Gasteiger partial charge < -0.3 is 9.64 Å². The summed E-state index contributed by atoms with van der Waals surface area (Å²) >= 11 is 0. The number of nitrogens with zero attached hydrogens (tertiary/aromatic N) is 1. The Kier molecular flexibility index (Phi) is 5.62. The number of carbonyl (C=O) groups is 2. The maximum absolute atomic E-state index is 13.1. The van der Waals surface area contributed by atoms with Gasteiger partial charge in [0.05, 0.1) is 0 Å². The summed E-state index contributed by atoms with van der Waals surface area (Å²) in [6.07, 6.45) is 4.65. The maximum atomic E-state index is 13.1. The standard InChI is InChI=1S/C17H17F2NO3/c1-2-17(22)23-15-5-7-20(8-6-15)16(21)4-3-12-9-13(18)11-14(19)10-12/h2-4,9-11,15H,1,5-8H2/b4-3+. The van der Waals surface area contributed by atoms with Crippen LogP contribution >= 0.6 is 0 Å². The largest absolute Gasteiger partial charge is 0.459 e. The highest BCUT2D eigenvalue weighted by atomic mass is 19.1. The van der Waals surface area contributed by atoms with Crippen LogP contribution < -0.4 is 0 Å². The Morgan fingerprint density at radius 2 is 1.78 bits per heavy atom. The quantitative estimate of drug-likeness (QED) is 0.633. The fourth-order valence-corrected chi connectivity index (χ4v) is 2.35. The van der Waals surface area contributed by atoms with Gasteiger partial charge in [0.15, 0.2) is 0 Å². The van der Waals surface area contributed by atoms with Gasteiger partial charge in [0.25, 0.3) is 0 Å². The molecule has 1 fully saturated rings. The first kappa shape index (κ1) is 16.9. The first-order valence-electron chi connectivity index (χ1n) is 7.24. The van der Waals surface area contributed by atoms with Gasteiger partial charge in [0, 0.05) is 44.1 Å². The number of likely N-dealkylation sites (tertiary alicyclic amines) is 1. The highest BCUT2D eigenvalue weighted by molar-refractivity contribution is 5.91. The summed E-state index contributed by atoms with van der Waals surface area (Å²) < 4.78 is 31.3. The van der Waals surface area contributed by atoms with Crippen molar-refractivity contribution in [1.29, 1.82) is 0 Å². The molecule has 0 bridgehead atoms. The number of hydrogen-bond donors (Lipinski definition) is 0. The number of piperidine rings is 1. The molecule has 0 radical (unpaired) electrons. The van der Waals surface area contributed by atoms with Crippen LogP contribution in [0, 0.1) is 11.6 Å². The van der Waals surface area contributed by atoms with E-state index in [9.17, 15) is 18.4 Å². The van der Waals surface area contributed by atoms with E-state index in [4.69, 9.17) is 4.74 Å². The molecular weight excluding hydrogens is 304 g/mol. The summed E-state index contributed by atoms with van der Waals surface area (Å²) in [6, 6.07) is 3.07. The minimum Gasteiger partial charge on any atom is -0.459 e. The summed E-state index contributed by atoms with van der Waals surface area (Å²) in [7, 11) is 0. The molecule has 1 saturated heterocycles. The average Bonchev–Trinajstić information content (AvgIpc) is 2.52. The number of halogens is 2. The number of amides is 1. The SMILES string of the molecule is C=CC(=O)OC1CCN(C(=O)/C=C/c2cc(F)cc(F)c2)CC1. The molecule has 0 saturated carbocycles. The molecule has 4 nitrogen and oxygen atoms in total. The smallest absolute Gasteiger partial charge is 0.330 e. The van der Waals surface area contributed by atoms with Crippen molar-refractivity contribution in [3.63, 3.8) is 0 Å². The highest BCUT2D eigenvalue weighted by Crippen LogP contribution is 2.15. The van der Waals surface area contributed by atoms with Gasteiger partial charge in [-0.2, -0.15) is 0 Å². The van der Waals surface area contributed by atoms with Crippen molar-refractivity contribution in [3.05, 3.63) is 54.1 Å². The minimum atomic E-state index is -0.693. The van der Waals surface area contributed by atoms with Gasteiger partial charge in [-0.1, -0.05) is 6.58 Å². The predicted octanol–water partition coefficient (Wildman–Crippen LogP) is 2.70. The Morgan fingerprint density at radius 1 is 1.17 bits per heavy atom. The molecule has 1 aliphatic rings. The van der Waals surface area contributed by atoms with Gasteiger partial charge in [0.2, 0.25) is 5.91 Å². The zero-order chi connectivity index (χ0) is 16.8. The van der Waals surface area contributed by atoms with E-state index in [-0.39, 0.29) is 17.6 Å². The molecule has 0 aliphatic carbocycles. The maximum Gasteiger partial charge on any atom is 0.330 e. The van der Waals surface area contributed by atoms with E-state index >= 15 is 0 Å². The predicted molar refractivity (Wildman–Crippen MR) is 81.3 cm³/mol. The van der Waals surface area contributed by atoms with E-state index < -0.39 is 17.6 Å². The molecule has 0 atom stereocenters. The molecular formula is C17H17F2NO3. The van der Waals surface area contributed by atoms with Crippen molar-refractivity contribution in [2.75, 3.05) is 13.1 Å². The molecule has 1 aromatic carbocycles. The number of carbonyl (C=O) groups excluding carboxylic acids is 2. The molecule has 1 aromatic rings. The Morgan fingerprint density at radius 3 is 2.35 bits per heavy atom. The molecule has 0 spiro atoms. The second kappa shape index (κ2) is 7.67. The summed E-state index contributed by atoms with van der Waals surface area (Å²) in [5.41, 5.74) is 0.283. The molecule has 0 N–H and O–H groups in total. The van der Waals surface area contributed by atoms with E-state index in [1.807, 2.05) is 0 Å². The lowest BCUT2D eigenvalue weighted by Gasteiger charge is -2.30. The fourth-order valence-electron chi connectivity index (χ4n) is 2.35. The number of benzene rings is 1. The molecule has 0 aromatic heterocycles. The van der Waals surface area contributed by atoms with Crippen LogP contribution in [0.25, 0.3) is 6.08 Å². The van der Waals surface area contributed by atoms with Crippen molar-refractivity contribution >= 4 is 18.0 Å². The molecule has 23 heavy (non-hydrogen) atoms. The van der Waals surface area contributed by atoms with E-state index in [1.165, 1.54) is 12.2 Å². The van der Waals surface area contributed by atoms with Gasteiger partial charge in [0.1, 0.15) is 17.7 Å². The molecule has 2 rings (SSSR count). The van der Waals surface area contributed by atoms with Crippen LogP contribution in [-0.4, -0.2) is 36.0 Å². The second-order valence-corrected chi connectivity index (χ2v) is 5.20. The van der Waals surface area contributed by atoms with Crippen LogP contribution in [0.15, 0.2) is 36.9 Å². The van der Waals surface area contributed by atoms with Crippen molar-refractivity contribution in [2.45, 2.75) is 18.9 Å². The monoisotopic (exact) mass is 321 g/mol. The first-order chi connectivity index (χ1) is 11.0.